The first-order valence-electron chi connectivity index (χ1n) is 11.9. The van der Waals surface area contributed by atoms with E-state index >= 15 is 0 Å². The van der Waals surface area contributed by atoms with E-state index in [1.54, 1.807) is 14.2 Å². The standard InChI is InChI=1S/C27H43NO5/c1-7-8-9-13-23-18-25(29)24(15-14-22(4)12-10-11-21(2)3)26(19-23)33-20-28(5)27(30)32-17-16-31-6/h11,14,18-19,29H,7-10,12-13,15-17,20H2,1-6H3. The lowest BCUT2D eigenvalue weighted by atomic mass is 10.00. The molecule has 0 aromatic heterocycles. The molecule has 6 nitrogen and oxygen atoms in total. The Kier molecular flexibility index (Phi) is 14.0. The molecule has 0 bridgehead atoms. The van der Waals surface area contributed by atoms with Crippen molar-refractivity contribution in [3.8, 4) is 11.5 Å². The van der Waals surface area contributed by atoms with Crippen molar-refractivity contribution in [1.82, 2.24) is 4.90 Å². The van der Waals surface area contributed by atoms with E-state index in [0.717, 1.165) is 49.7 Å². The molecular weight excluding hydrogens is 418 g/mol. The SMILES string of the molecule is CCCCCc1cc(O)c(CC=C(C)CCC=C(C)C)c(OCN(C)C(=O)OCCOC)c1. The molecule has 0 heterocycles. The number of aromatic hydroxyl groups is 1. The van der Waals surface area contributed by atoms with E-state index in [0.29, 0.717) is 18.8 Å². The molecule has 1 aromatic carbocycles. The number of hydrogen-bond acceptors (Lipinski definition) is 5. The summed E-state index contributed by atoms with van der Waals surface area (Å²) < 4.78 is 16.0. The van der Waals surface area contributed by atoms with Gasteiger partial charge in [0, 0.05) is 19.7 Å². The zero-order valence-corrected chi connectivity index (χ0v) is 21.4. The highest BCUT2D eigenvalue weighted by atomic mass is 16.6. The fourth-order valence-corrected chi connectivity index (χ4v) is 3.25. The largest absolute Gasteiger partial charge is 0.508 e. The monoisotopic (exact) mass is 461 g/mol. The van der Waals surface area contributed by atoms with Crippen LogP contribution in [0.15, 0.2) is 35.4 Å². The number of benzene rings is 1. The number of allylic oxidation sites excluding steroid dienone is 4. The van der Waals surface area contributed by atoms with Crippen molar-refractivity contribution < 1.29 is 24.1 Å². The van der Waals surface area contributed by atoms with Crippen molar-refractivity contribution in [2.24, 2.45) is 0 Å². The molecule has 0 saturated carbocycles. The van der Waals surface area contributed by atoms with Gasteiger partial charge in [-0.25, -0.2) is 4.79 Å². The summed E-state index contributed by atoms with van der Waals surface area (Å²) in [4.78, 5) is 13.5. The van der Waals surface area contributed by atoms with Crippen LogP contribution in [0.5, 0.6) is 11.5 Å². The minimum absolute atomic E-state index is 0.0277. The van der Waals surface area contributed by atoms with Crippen LogP contribution in [0.3, 0.4) is 0 Å². The minimum Gasteiger partial charge on any atom is -0.508 e. The second-order valence-corrected chi connectivity index (χ2v) is 8.70. The second-order valence-electron chi connectivity index (χ2n) is 8.70. The molecule has 1 amide bonds. The number of methoxy groups -OCH3 is 1. The third kappa shape index (κ3) is 11.8. The summed E-state index contributed by atoms with van der Waals surface area (Å²) in [5.74, 6) is 0.837. The van der Waals surface area contributed by atoms with Gasteiger partial charge in [0.25, 0.3) is 0 Å². The first-order chi connectivity index (χ1) is 15.8. The number of aryl methyl sites for hydroxylation is 1. The maximum Gasteiger partial charge on any atom is 0.412 e. The maximum atomic E-state index is 12.1. The Morgan fingerprint density at radius 1 is 1.12 bits per heavy atom. The summed E-state index contributed by atoms with van der Waals surface area (Å²) in [5, 5.41) is 10.8. The summed E-state index contributed by atoms with van der Waals surface area (Å²) in [5.41, 5.74) is 4.36. The van der Waals surface area contributed by atoms with E-state index in [2.05, 4.69) is 39.8 Å². The Morgan fingerprint density at radius 3 is 2.55 bits per heavy atom. The first kappa shape index (κ1) is 28.6. The highest BCUT2D eigenvalue weighted by molar-refractivity contribution is 5.67. The fraction of sp³-hybridized carbons (Fsp3) is 0.593. The number of carbonyl (C=O) groups is 1. The van der Waals surface area contributed by atoms with Crippen LogP contribution in [-0.2, 0) is 22.3 Å². The zero-order valence-electron chi connectivity index (χ0n) is 21.4. The van der Waals surface area contributed by atoms with Crippen molar-refractivity contribution in [2.45, 2.75) is 72.6 Å². The topological polar surface area (TPSA) is 68.2 Å². The number of nitrogens with zero attached hydrogens (tertiary/aromatic N) is 1. The summed E-state index contributed by atoms with van der Waals surface area (Å²) in [7, 11) is 3.17. The smallest absolute Gasteiger partial charge is 0.412 e. The highest BCUT2D eigenvalue weighted by Gasteiger charge is 2.15. The van der Waals surface area contributed by atoms with Gasteiger partial charge < -0.3 is 19.3 Å². The van der Waals surface area contributed by atoms with Gasteiger partial charge in [-0.2, -0.15) is 0 Å². The fourth-order valence-electron chi connectivity index (χ4n) is 3.25. The van der Waals surface area contributed by atoms with E-state index < -0.39 is 6.09 Å². The molecule has 0 aliphatic heterocycles. The van der Waals surface area contributed by atoms with Crippen molar-refractivity contribution in [3.05, 3.63) is 46.6 Å². The van der Waals surface area contributed by atoms with Crippen molar-refractivity contribution in [3.63, 3.8) is 0 Å². The average Bonchev–Trinajstić information content (AvgIpc) is 2.76. The van der Waals surface area contributed by atoms with Crippen LogP contribution >= 0.6 is 0 Å². The van der Waals surface area contributed by atoms with Gasteiger partial charge in [0.15, 0.2) is 6.73 Å². The Morgan fingerprint density at radius 2 is 1.88 bits per heavy atom. The van der Waals surface area contributed by atoms with E-state index in [9.17, 15) is 9.90 Å². The number of rotatable bonds is 15. The third-order valence-corrected chi connectivity index (χ3v) is 5.30. The molecular formula is C27H43NO5. The Labute approximate surface area is 200 Å². The number of phenols is 1. The lowest BCUT2D eigenvalue weighted by Crippen LogP contribution is -2.32. The van der Waals surface area contributed by atoms with Crippen LogP contribution in [-0.4, -0.2) is 50.2 Å². The summed E-state index contributed by atoms with van der Waals surface area (Å²) >= 11 is 0. The predicted molar refractivity (Wildman–Crippen MR) is 134 cm³/mol. The number of carbonyl (C=O) groups excluding carboxylic acids is 1. The summed E-state index contributed by atoms with van der Waals surface area (Å²) in [6.07, 6.45) is 10.7. The van der Waals surface area contributed by atoms with Crippen LogP contribution in [0.25, 0.3) is 0 Å². The van der Waals surface area contributed by atoms with Crippen LogP contribution in [0, 0.1) is 0 Å². The van der Waals surface area contributed by atoms with Gasteiger partial charge in [0.05, 0.1) is 6.61 Å². The van der Waals surface area contributed by atoms with Gasteiger partial charge in [-0.1, -0.05) is 43.1 Å². The molecule has 186 valence electrons. The number of phenolic OH excluding ortho intramolecular Hbond substituents is 1. The number of amides is 1. The van der Waals surface area contributed by atoms with E-state index in [4.69, 9.17) is 14.2 Å². The second kappa shape index (κ2) is 16.2. The van der Waals surface area contributed by atoms with E-state index in [1.807, 2.05) is 12.1 Å². The Balaban J connectivity index is 2.94. The van der Waals surface area contributed by atoms with Crippen LogP contribution in [0.1, 0.15) is 70.9 Å². The molecule has 0 saturated heterocycles. The lowest BCUT2D eigenvalue weighted by Gasteiger charge is -2.20. The molecule has 0 aliphatic carbocycles. The predicted octanol–water partition coefficient (Wildman–Crippen LogP) is 6.41. The van der Waals surface area contributed by atoms with Crippen LogP contribution < -0.4 is 4.74 Å². The van der Waals surface area contributed by atoms with Gasteiger partial charge in [-0.15, -0.1) is 0 Å². The van der Waals surface area contributed by atoms with Gasteiger partial charge in [0.2, 0.25) is 0 Å². The first-order valence-corrected chi connectivity index (χ1v) is 11.9. The molecule has 6 heteroatoms. The van der Waals surface area contributed by atoms with Crippen LogP contribution in [0.2, 0.25) is 0 Å². The number of ether oxygens (including phenoxy) is 3. The summed E-state index contributed by atoms with van der Waals surface area (Å²) in [6, 6.07) is 3.83. The Bertz CT molecular complexity index is 781. The molecule has 1 aromatic rings. The zero-order chi connectivity index (χ0) is 24.6. The van der Waals surface area contributed by atoms with Gasteiger partial charge in [-0.3, -0.25) is 4.90 Å². The molecule has 0 radical (unpaired) electrons. The minimum atomic E-state index is -0.480. The average molecular weight is 462 g/mol. The number of hydrogen-bond donors (Lipinski definition) is 1. The highest BCUT2D eigenvalue weighted by Crippen LogP contribution is 2.32. The van der Waals surface area contributed by atoms with Gasteiger partial charge in [0.1, 0.15) is 18.1 Å². The quantitative estimate of drug-likeness (QED) is 0.186. The van der Waals surface area contributed by atoms with Gasteiger partial charge in [-0.05, 0) is 70.6 Å². The Hall–Kier alpha value is -2.47. The van der Waals surface area contributed by atoms with E-state index in [1.165, 1.54) is 16.0 Å². The molecule has 0 atom stereocenters. The molecule has 0 fully saturated rings. The van der Waals surface area contributed by atoms with Crippen LogP contribution in [0.4, 0.5) is 4.79 Å². The van der Waals surface area contributed by atoms with Crippen molar-refractivity contribution in [2.75, 3.05) is 34.1 Å². The maximum absolute atomic E-state index is 12.1. The molecule has 33 heavy (non-hydrogen) atoms. The lowest BCUT2D eigenvalue weighted by molar-refractivity contribution is 0.0595. The van der Waals surface area contributed by atoms with Crippen molar-refractivity contribution in [1.29, 1.82) is 0 Å². The van der Waals surface area contributed by atoms with E-state index in [-0.39, 0.29) is 19.1 Å². The summed E-state index contributed by atoms with van der Waals surface area (Å²) in [6.45, 7) is 9.05. The van der Waals surface area contributed by atoms with Gasteiger partial charge >= 0.3 is 6.09 Å². The molecule has 1 N–H and O–H groups in total. The molecule has 0 spiro atoms. The molecule has 1 rings (SSSR count). The number of unbranched alkanes of at least 4 members (excludes halogenated alkanes) is 2. The molecule has 0 aliphatic rings. The third-order valence-electron chi connectivity index (χ3n) is 5.30. The molecule has 0 unspecified atom stereocenters. The van der Waals surface area contributed by atoms with Crippen molar-refractivity contribution >= 4 is 6.09 Å². The normalized spacial score (nSPS) is 11.3.